The lowest BCUT2D eigenvalue weighted by Crippen LogP contribution is -2.31. The van der Waals surface area contributed by atoms with Gasteiger partial charge in [-0.25, -0.2) is 14.0 Å². The molecule has 0 spiro atoms. The number of fused-ring (bicyclic) bond motifs is 1. The zero-order chi connectivity index (χ0) is 23.5. The highest BCUT2D eigenvalue weighted by atomic mass is 19.4. The number of carbonyl (C=O) groups is 2. The minimum Gasteiger partial charge on any atom is -0.417 e. The van der Waals surface area contributed by atoms with Crippen LogP contribution in [0.15, 0.2) is 36.4 Å². The molecule has 0 radical (unpaired) electrons. The number of aromatic nitrogens is 1. The summed E-state index contributed by atoms with van der Waals surface area (Å²) in [4.78, 5) is 26.8. The molecule has 0 saturated carbocycles. The average molecular weight is 462 g/mol. The lowest BCUT2D eigenvalue weighted by atomic mass is 9.88. The number of carbonyl (C=O) groups excluding carboxylic acids is 2. The summed E-state index contributed by atoms with van der Waals surface area (Å²) in [5, 5.41) is 0.0690. The van der Waals surface area contributed by atoms with Crippen molar-refractivity contribution in [2.24, 2.45) is 0 Å². The highest BCUT2D eigenvalue weighted by Crippen LogP contribution is 2.51. The Balaban J connectivity index is 1.89. The number of esters is 2. The van der Waals surface area contributed by atoms with E-state index in [1.54, 1.807) is 0 Å². The largest absolute Gasteiger partial charge is 0.424 e. The molecule has 2 bridgehead atoms. The van der Waals surface area contributed by atoms with Crippen molar-refractivity contribution in [1.82, 2.24) is 9.47 Å². The number of piperidine rings is 1. The van der Waals surface area contributed by atoms with Crippen LogP contribution < -0.4 is 9.47 Å². The van der Waals surface area contributed by atoms with Crippen LogP contribution in [-0.2, 0) is 15.8 Å². The first-order valence-corrected chi connectivity index (χ1v) is 10.3. The third kappa shape index (κ3) is 3.54. The van der Waals surface area contributed by atoms with Crippen molar-refractivity contribution in [2.75, 3.05) is 20.1 Å². The predicted octanol–water partition coefficient (Wildman–Crippen LogP) is 4.42. The van der Waals surface area contributed by atoms with Gasteiger partial charge in [-0.2, -0.15) is 13.2 Å². The normalized spacial score (nSPS) is 17.7. The summed E-state index contributed by atoms with van der Waals surface area (Å²) in [7, 11) is 1.94. The van der Waals surface area contributed by atoms with Crippen molar-refractivity contribution in [3.8, 4) is 17.3 Å². The third-order valence-corrected chi connectivity index (χ3v) is 6.15. The second-order valence-corrected chi connectivity index (χ2v) is 8.22. The molecular weight excluding hydrogens is 444 g/mol. The Bertz CT molecular complexity index is 1270. The first kappa shape index (κ1) is 21.4. The molecule has 1 saturated heterocycles. The van der Waals surface area contributed by atoms with Crippen LogP contribution in [-0.4, -0.2) is 41.5 Å². The molecule has 0 amide bonds. The number of ether oxygens (including phenoxy) is 2. The summed E-state index contributed by atoms with van der Waals surface area (Å²) in [6.45, 7) is 1.38. The molecule has 1 fully saturated rings. The predicted molar refractivity (Wildman–Crippen MR) is 109 cm³/mol. The fourth-order valence-electron chi connectivity index (χ4n) is 4.57. The zero-order valence-corrected chi connectivity index (χ0v) is 17.4. The molecule has 2 aromatic carbocycles. The van der Waals surface area contributed by atoms with E-state index in [0.717, 1.165) is 6.07 Å². The number of nitrogens with zero attached hydrogens (tertiary/aromatic N) is 2. The van der Waals surface area contributed by atoms with Crippen molar-refractivity contribution in [3.63, 3.8) is 0 Å². The second kappa shape index (κ2) is 7.58. The monoisotopic (exact) mass is 462 g/mol. The van der Waals surface area contributed by atoms with Crippen LogP contribution in [0.3, 0.4) is 0 Å². The summed E-state index contributed by atoms with van der Waals surface area (Å²) in [5.41, 5.74) is -0.154. The van der Waals surface area contributed by atoms with Gasteiger partial charge in [-0.15, -0.1) is 0 Å². The van der Waals surface area contributed by atoms with Crippen molar-refractivity contribution in [3.05, 3.63) is 53.3 Å². The standard InChI is InChI=1S/C23H18F4N2O4/c1-28-10-8-12(9-11-28)17-18-16-7-6-15(23(25,26)27)19(18)32-21(30)22(31)33-20(17)29(16)14-4-2-13(24)3-5-14/h2-7,12H,8-11H2,1H3. The molecule has 3 aromatic rings. The van der Waals surface area contributed by atoms with Crippen LogP contribution in [0.25, 0.3) is 16.6 Å². The van der Waals surface area contributed by atoms with E-state index in [9.17, 15) is 27.2 Å². The Morgan fingerprint density at radius 1 is 0.939 bits per heavy atom. The topological polar surface area (TPSA) is 60.8 Å². The summed E-state index contributed by atoms with van der Waals surface area (Å²) >= 11 is 0. The molecule has 1 aromatic heterocycles. The first-order chi connectivity index (χ1) is 15.6. The lowest BCUT2D eigenvalue weighted by molar-refractivity contribution is -0.157. The van der Waals surface area contributed by atoms with Crippen LogP contribution >= 0.6 is 0 Å². The highest BCUT2D eigenvalue weighted by molar-refractivity contribution is 6.31. The van der Waals surface area contributed by atoms with Crippen molar-refractivity contribution in [2.45, 2.75) is 24.9 Å². The van der Waals surface area contributed by atoms with Gasteiger partial charge in [0.25, 0.3) is 0 Å². The number of rotatable bonds is 2. The number of benzene rings is 2. The van der Waals surface area contributed by atoms with E-state index in [4.69, 9.17) is 9.47 Å². The minimum atomic E-state index is -4.82. The summed E-state index contributed by atoms with van der Waals surface area (Å²) in [6, 6.07) is 7.27. The molecule has 3 heterocycles. The van der Waals surface area contributed by atoms with Crippen molar-refractivity contribution < 1.29 is 36.6 Å². The van der Waals surface area contributed by atoms with Gasteiger partial charge in [-0.3, -0.25) is 4.57 Å². The van der Waals surface area contributed by atoms with E-state index < -0.39 is 35.2 Å². The van der Waals surface area contributed by atoms with E-state index in [-0.39, 0.29) is 22.7 Å². The van der Waals surface area contributed by atoms with Crippen LogP contribution in [0.4, 0.5) is 17.6 Å². The Hall–Kier alpha value is -3.40. The van der Waals surface area contributed by atoms with E-state index in [0.29, 0.717) is 37.2 Å². The van der Waals surface area contributed by atoms with Gasteiger partial charge in [0.05, 0.1) is 16.5 Å². The molecule has 5 rings (SSSR count). The SMILES string of the molecule is CN1CCC(c2c3n(-c4ccc(F)cc4)c4ccc(C(F)(F)F)c(c24)OC(=O)C(=O)O3)CC1. The number of hydrogen-bond acceptors (Lipinski definition) is 5. The number of hydrogen-bond donors (Lipinski definition) is 0. The molecule has 0 unspecified atom stereocenters. The summed E-state index contributed by atoms with van der Waals surface area (Å²) in [5.74, 6) is -4.48. The number of likely N-dealkylation sites (tertiary alicyclic amines) is 1. The number of alkyl halides is 3. The molecule has 0 atom stereocenters. The quantitative estimate of drug-likeness (QED) is 0.244. The van der Waals surface area contributed by atoms with Gasteiger partial charge in [0, 0.05) is 11.3 Å². The molecule has 0 aliphatic carbocycles. The van der Waals surface area contributed by atoms with Gasteiger partial charge in [0.1, 0.15) is 5.82 Å². The lowest BCUT2D eigenvalue weighted by Gasteiger charge is -2.30. The maximum atomic E-state index is 13.9. The highest BCUT2D eigenvalue weighted by Gasteiger charge is 2.42. The molecular formula is C23H18F4N2O4. The van der Waals surface area contributed by atoms with Gasteiger partial charge < -0.3 is 14.4 Å². The molecule has 6 nitrogen and oxygen atoms in total. The molecule has 0 N–H and O–H groups in total. The van der Waals surface area contributed by atoms with E-state index in [1.165, 1.54) is 34.9 Å². The van der Waals surface area contributed by atoms with Gasteiger partial charge >= 0.3 is 18.1 Å². The Morgan fingerprint density at radius 3 is 2.21 bits per heavy atom. The molecule has 10 heteroatoms. The Labute approximate surface area is 185 Å². The fraction of sp³-hybridized carbons (Fsp3) is 0.304. The summed E-state index contributed by atoms with van der Waals surface area (Å²) < 4.78 is 67.1. The van der Waals surface area contributed by atoms with Crippen LogP contribution in [0.5, 0.6) is 11.6 Å². The van der Waals surface area contributed by atoms with Crippen LogP contribution in [0, 0.1) is 5.82 Å². The Kier molecular flexibility index (Phi) is 4.93. The van der Waals surface area contributed by atoms with Crippen molar-refractivity contribution >= 4 is 22.8 Å². The van der Waals surface area contributed by atoms with Crippen LogP contribution in [0.2, 0.25) is 0 Å². The van der Waals surface area contributed by atoms with Gasteiger partial charge in [-0.05, 0) is 75.3 Å². The minimum absolute atomic E-state index is 0.0478. The smallest absolute Gasteiger partial charge is 0.417 e. The maximum absolute atomic E-state index is 13.9. The second-order valence-electron chi connectivity index (χ2n) is 8.22. The molecule has 33 heavy (non-hydrogen) atoms. The molecule has 172 valence electrons. The average Bonchev–Trinajstić information content (AvgIpc) is 3.08. The fourth-order valence-corrected chi connectivity index (χ4v) is 4.57. The van der Waals surface area contributed by atoms with E-state index in [1.807, 2.05) is 7.05 Å². The van der Waals surface area contributed by atoms with Crippen molar-refractivity contribution in [1.29, 1.82) is 0 Å². The maximum Gasteiger partial charge on any atom is 0.424 e. The van der Waals surface area contributed by atoms with Crippen LogP contribution in [0.1, 0.15) is 29.9 Å². The van der Waals surface area contributed by atoms with Gasteiger partial charge in [-0.1, -0.05) is 0 Å². The summed E-state index contributed by atoms with van der Waals surface area (Å²) in [6.07, 6.45) is -3.62. The first-order valence-electron chi connectivity index (χ1n) is 10.3. The molecule has 2 aliphatic rings. The molecule has 2 aliphatic heterocycles. The van der Waals surface area contributed by atoms with E-state index in [2.05, 4.69) is 4.90 Å². The number of halogens is 4. The van der Waals surface area contributed by atoms with Gasteiger partial charge in [0.15, 0.2) is 5.75 Å². The Morgan fingerprint density at radius 2 is 1.58 bits per heavy atom. The van der Waals surface area contributed by atoms with E-state index >= 15 is 0 Å². The third-order valence-electron chi connectivity index (χ3n) is 6.15. The van der Waals surface area contributed by atoms with Gasteiger partial charge in [0.2, 0.25) is 5.88 Å². The zero-order valence-electron chi connectivity index (χ0n) is 17.4.